The Labute approximate surface area is 326 Å². The number of amides is 1. The zero-order valence-electron chi connectivity index (χ0n) is 34.0. The minimum Gasteiger partial charge on any atom is -0.458 e. The first-order chi connectivity index (χ1) is 26.3. The number of aliphatic hydroxyl groups excluding tert-OH is 1. The van der Waals surface area contributed by atoms with E-state index in [-0.39, 0.29) is 49.0 Å². The number of esters is 1. The minimum atomic E-state index is -1.47. The van der Waals surface area contributed by atoms with Gasteiger partial charge < -0.3 is 43.5 Å². The summed E-state index contributed by atoms with van der Waals surface area (Å²) in [7, 11) is 5.31. The van der Waals surface area contributed by atoms with Crippen molar-refractivity contribution in [1.82, 2.24) is 35.6 Å². The summed E-state index contributed by atoms with van der Waals surface area (Å²) < 4.78 is 36.4. The molecule has 2 aromatic heterocycles. The van der Waals surface area contributed by atoms with E-state index in [4.69, 9.17) is 28.2 Å². The van der Waals surface area contributed by atoms with E-state index in [1.165, 1.54) is 11.7 Å². The zero-order valence-corrected chi connectivity index (χ0v) is 34.0. The molecule has 0 aliphatic carbocycles. The van der Waals surface area contributed by atoms with Crippen LogP contribution in [0.15, 0.2) is 10.6 Å². The van der Waals surface area contributed by atoms with Crippen molar-refractivity contribution in [1.29, 1.82) is 0 Å². The molecule has 0 bridgehead atoms. The number of aryl methyl sites for hydroxylation is 1. The van der Waals surface area contributed by atoms with Crippen LogP contribution in [0.3, 0.4) is 0 Å². The highest BCUT2D eigenvalue weighted by Gasteiger charge is 2.57. The number of nitrogens with one attached hydrogen (secondary N) is 1. The molecule has 3 aliphatic rings. The number of aliphatic hydroxyl groups is 1. The van der Waals surface area contributed by atoms with Crippen LogP contribution in [-0.4, -0.2) is 134 Å². The molecule has 2 N–H and O–H groups in total. The van der Waals surface area contributed by atoms with Gasteiger partial charge in [-0.3, -0.25) is 14.4 Å². The number of Topliss-reactive ketones (excluding diaryl/α,β-unsaturated/α-hetero) is 2. The molecule has 5 heterocycles. The summed E-state index contributed by atoms with van der Waals surface area (Å²) in [5, 5.41) is 30.1. The number of hydrogen-bond donors (Lipinski definition) is 2. The molecule has 18 nitrogen and oxygen atoms in total. The van der Waals surface area contributed by atoms with Gasteiger partial charge in [-0.15, -0.1) is 10.2 Å². The van der Waals surface area contributed by atoms with Crippen molar-refractivity contribution < 1.29 is 52.5 Å². The lowest BCUT2D eigenvalue weighted by molar-refractivity contribution is -0.296. The second kappa shape index (κ2) is 17.1. The highest BCUT2D eigenvalue weighted by Crippen LogP contribution is 2.40. The average molecular weight is 786 g/mol. The van der Waals surface area contributed by atoms with Crippen molar-refractivity contribution >= 4 is 23.6 Å². The molecule has 5 rings (SSSR count). The number of fused-ring (bicyclic) bond motifs is 1. The van der Waals surface area contributed by atoms with E-state index in [1.54, 1.807) is 54.7 Å². The van der Waals surface area contributed by atoms with Crippen LogP contribution in [0, 0.1) is 35.5 Å². The normalized spacial score (nSPS) is 37.2. The maximum Gasteiger partial charge on any atom is 0.408 e. The van der Waals surface area contributed by atoms with Crippen molar-refractivity contribution in [3.05, 3.63) is 11.8 Å². The lowest BCUT2D eigenvalue weighted by Crippen LogP contribution is -2.60. The molecule has 2 aromatic rings. The third kappa shape index (κ3) is 8.81. The van der Waals surface area contributed by atoms with Crippen LogP contribution in [0.4, 0.5) is 4.79 Å². The number of cyclic esters (lactones) is 1. The summed E-state index contributed by atoms with van der Waals surface area (Å²) in [6.07, 6.45) is -4.77. The number of ketones is 2. The minimum absolute atomic E-state index is 0.00862. The van der Waals surface area contributed by atoms with Crippen molar-refractivity contribution in [2.45, 2.75) is 129 Å². The van der Waals surface area contributed by atoms with E-state index in [0.717, 1.165) is 0 Å². The predicted octanol–water partition coefficient (Wildman–Crippen LogP) is 2.08. The number of carbonyl (C=O) groups excluding carboxylic acids is 4. The fourth-order valence-corrected chi connectivity index (χ4v) is 8.28. The summed E-state index contributed by atoms with van der Waals surface area (Å²) in [5.74, 6) is 0.771. The summed E-state index contributed by atoms with van der Waals surface area (Å²) in [6, 6.07) is 0.351. The molecule has 0 radical (unpaired) electrons. The number of alkyl carbamates (subject to hydrolysis) is 1. The summed E-state index contributed by atoms with van der Waals surface area (Å²) in [5.41, 5.74) is -2.55. The molecule has 0 saturated carbocycles. The molecule has 56 heavy (non-hydrogen) atoms. The molecule has 3 aliphatic heterocycles. The Morgan fingerprint density at radius 1 is 1.09 bits per heavy atom. The van der Waals surface area contributed by atoms with E-state index < -0.39 is 83.4 Å². The topological polar surface area (TPSA) is 220 Å². The van der Waals surface area contributed by atoms with Gasteiger partial charge in [0.05, 0.1) is 30.9 Å². The lowest BCUT2D eigenvalue weighted by Gasteiger charge is -2.47. The molecule has 13 atom stereocenters. The largest absolute Gasteiger partial charge is 0.458 e. The number of likely N-dealkylation sites (N-methyl/N-ethyl adjacent to an activating group) is 1. The van der Waals surface area contributed by atoms with Crippen LogP contribution in [0.25, 0.3) is 11.5 Å². The molecular formula is C38H55N7O11. The second-order valence-corrected chi connectivity index (χ2v) is 15.9. The number of aromatic nitrogens is 5. The van der Waals surface area contributed by atoms with E-state index in [1.807, 2.05) is 25.9 Å². The smallest absolute Gasteiger partial charge is 0.408 e. The predicted molar refractivity (Wildman–Crippen MR) is 196 cm³/mol. The standard InChI is InChI=1S/C38H55N7O11/c1-12-27-38(8)31(39-36(50)55-38)21(4)28(46)19(2)18-37(7,51-15-13-14-24-17-25(42-56-24)33-40-43-45(11)41-33)32(22(5)29(47)23(6)34(49)53-27)54-35-30(48)26(44(9)10)16-20(3)52-35/h17,19-23,26-27,30-32,35,48H,12,15-16,18H2,1-11H3,(H,39,50)/t19-,20-,21+,22+,23-,26+,27-,30-,31-,32-,35+,37+,38-/m1/s1. The molecule has 3 fully saturated rings. The van der Waals surface area contributed by atoms with Crippen LogP contribution < -0.4 is 5.32 Å². The number of nitrogens with zero attached hydrogens (tertiary/aromatic N) is 6. The highest BCUT2D eigenvalue weighted by molar-refractivity contribution is 6.00. The number of ether oxygens (including phenoxy) is 5. The van der Waals surface area contributed by atoms with Gasteiger partial charge in [0.15, 0.2) is 23.4 Å². The van der Waals surface area contributed by atoms with Crippen molar-refractivity contribution in [2.24, 2.45) is 30.7 Å². The molecule has 0 aromatic carbocycles. The quantitative estimate of drug-likeness (QED) is 0.233. The first-order valence-electron chi connectivity index (χ1n) is 19.1. The van der Waals surface area contributed by atoms with Crippen molar-refractivity contribution in [3.8, 4) is 23.4 Å². The Balaban J connectivity index is 1.55. The Morgan fingerprint density at radius 3 is 2.45 bits per heavy atom. The summed E-state index contributed by atoms with van der Waals surface area (Å²) in [4.78, 5) is 58.4. The molecule has 3 saturated heterocycles. The third-order valence-electron chi connectivity index (χ3n) is 11.4. The summed E-state index contributed by atoms with van der Waals surface area (Å²) >= 11 is 0. The van der Waals surface area contributed by atoms with Crippen LogP contribution in [0.1, 0.15) is 80.4 Å². The van der Waals surface area contributed by atoms with Crippen molar-refractivity contribution in [3.63, 3.8) is 0 Å². The van der Waals surface area contributed by atoms with Crippen LogP contribution in [0.5, 0.6) is 0 Å². The Bertz CT molecular complexity index is 1820. The van der Waals surface area contributed by atoms with Crippen LogP contribution in [0.2, 0.25) is 0 Å². The number of rotatable bonds is 7. The highest BCUT2D eigenvalue weighted by atomic mass is 16.7. The molecule has 18 heteroatoms. The SMILES string of the molecule is CC[C@H]1OC(=O)[C@H](C)C(=O)[C@H](C)[C@@H](O[C@@H]2O[C@H](C)C[C@H](N(C)C)[C@H]2O)[C@@](C)(OCC#Cc2cc(-c3nnn(C)n3)no2)C[C@@H](C)C(=O)[C@H](C)[C@H]2NC(=O)O[C@@]21C. The van der Waals surface area contributed by atoms with E-state index in [2.05, 4.69) is 37.7 Å². The van der Waals surface area contributed by atoms with Gasteiger partial charge in [0.2, 0.25) is 11.6 Å². The maximum atomic E-state index is 14.4. The molecule has 308 valence electrons. The van der Waals surface area contributed by atoms with Crippen molar-refractivity contribution in [2.75, 3.05) is 20.7 Å². The van der Waals surface area contributed by atoms with Gasteiger partial charge in [0, 0.05) is 29.9 Å². The van der Waals surface area contributed by atoms with Gasteiger partial charge in [-0.25, -0.2) is 4.79 Å². The second-order valence-electron chi connectivity index (χ2n) is 15.9. The van der Waals surface area contributed by atoms with Gasteiger partial charge in [0.1, 0.15) is 30.5 Å². The van der Waals surface area contributed by atoms with E-state index in [0.29, 0.717) is 12.1 Å². The van der Waals surface area contributed by atoms with Crippen LogP contribution >= 0.6 is 0 Å². The molecule has 1 amide bonds. The fourth-order valence-electron chi connectivity index (χ4n) is 8.28. The third-order valence-corrected chi connectivity index (χ3v) is 11.4. The first kappa shape index (κ1) is 42.9. The van der Waals surface area contributed by atoms with Gasteiger partial charge in [-0.05, 0) is 72.2 Å². The summed E-state index contributed by atoms with van der Waals surface area (Å²) in [6.45, 7) is 13.2. The van der Waals surface area contributed by atoms with Crippen LogP contribution in [-0.2, 0) is 45.1 Å². The molecular weight excluding hydrogens is 730 g/mol. The molecule has 0 unspecified atom stereocenters. The molecule has 0 spiro atoms. The fraction of sp³-hybridized carbons (Fsp3) is 0.737. The maximum absolute atomic E-state index is 14.4. The Hall–Kier alpha value is -4.28. The van der Waals surface area contributed by atoms with Gasteiger partial charge in [0.25, 0.3) is 0 Å². The number of carbonyl (C=O) groups is 4. The Morgan fingerprint density at radius 2 is 1.80 bits per heavy atom. The van der Waals surface area contributed by atoms with Gasteiger partial charge in [-0.2, -0.15) is 4.80 Å². The van der Waals surface area contributed by atoms with E-state index >= 15 is 0 Å². The monoisotopic (exact) mass is 785 g/mol. The lowest BCUT2D eigenvalue weighted by atomic mass is 9.73. The first-order valence-corrected chi connectivity index (χ1v) is 19.1. The Kier molecular flexibility index (Phi) is 13.1. The number of tetrazole rings is 1. The van der Waals surface area contributed by atoms with Gasteiger partial charge >= 0.3 is 12.1 Å². The van der Waals surface area contributed by atoms with E-state index in [9.17, 15) is 24.3 Å². The zero-order chi connectivity index (χ0) is 41.3. The average Bonchev–Trinajstić information content (AvgIpc) is 3.88. The van der Waals surface area contributed by atoms with Gasteiger partial charge in [-0.1, -0.05) is 38.8 Å². The number of hydrogen-bond acceptors (Lipinski definition) is 16.